The second-order valence-corrected chi connectivity index (χ2v) is 16.8. The Hall–Kier alpha value is -0.840. The van der Waals surface area contributed by atoms with Crippen LogP contribution < -0.4 is 0 Å². The molecule has 0 aromatic carbocycles. The van der Waals surface area contributed by atoms with E-state index in [1.54, 1.807) is 0 Å². The molecule has 1 saturated heterocycles. The SMILES string of the molecule is CC(C)=CCC=C(C)C1CC[C@]2(C)C1C(O)CC1[C@@]3(C)CCC(O)C(C)(C)C3C(OC3OC(CO)C(O)C(O)C3O)C[C@]12C. The van der Waals surface area contributed by atoms with Gasteiger partial charge in [-0.2, -0.15) is 0 Å². The molecule has 8 nitrogen and oxygen atoms in total. The van der Waals surface area contributed by atoms with Crippen LogP contribution in [0.2, 0.25) is 0 Å². The van der Waals surface area contributed by atoms with Crippen LogP contribution >= 0.6 is 0 Å². The lowest BCUT2D eigenvalue weighted by Crippen LogP contribution is -2.70. The molecule has 1 aliphatic heterocycles. The maximum atomic E-state index is 12.0. The minimum absolute atomic E-state index is 0.112. The quantitative estimate of drug-likeness (QED) is 0.193. The molecule has 0 aromatic heterocycles. The normalized spacial score (nSPS) is 52.1. The first-order valence-corrected chi connectivity index (χ1v) is 17.1. The van der Waals surface area contributed by atoms with Gasteiger partial charge in [0, 0.05) is 0 Å². The number of hydrogen-bond acceptors (Lipinski definition) is 8. The first-order chi connectivity index (χ1) is 20.4. The van der Waals surface area contributed by atoms with Crippen molar-refractivity contribution in [3.05, 3.63) is 23.3 Å². The summed E-state index contributed by atoms with van der Waals surface area (Å²) in [5.74, 6) is 0.506. The van der Waals surface area contributed by atoms with E-state index in [2.05, 4.69) is 67.5 Å². The number of fused-ring (bicyclic) bond motifs is 5. The maximum Gasteiger partial charge on any atom is 0.186 e. The van der Waals surface area contributed by atoms with Crippen LogP contribution in [0.5, 0.6) is 0 Å². The van der Waals surface area contributed by atoms with Crippen LogP contribution in [0.3, 0.4) is 0 Å². The van der Waals surface area contributed by atoms with Gasteiger partial charge in [0.1, 0.15) is 24.4 Å². The predicted octanol–water partition coefficient (Wildman–Crippen LogP) is 4.10. The third-order valence-electron chi connectivity index (χ3n) is 13.9. The van der Waals surface area contributed by atoms with Gasteiger partial charge in [0.2, 0.25) is 0 Å². The Morgan fingerprint density at radius 2 is 1.55 bits per heavy atom. The van der Waals surface area contributed by atoms with Crippen molar-refractivity contribution in [2.75, 3.05) is 6.61 Å². The molecule has 0 radical (unpaired) electrons. The second kappa shape index (κ2) is 12.0. The van der Waals surface area contributed by atoms with Crippen molar-refractivity contribution in [1.82, 2.24) is 0 Å². The zero-order valence-electron chi connectivity index (χ0n) is 28.2. The monoisotopic (exact) mass is 620 g/mol. The fourth-order valence-corrected chi connectivity index (χ4v) is 11.5. The van der Waals surface area contributed by atoms with E-state index < -0.39 is 61.0 Å². The van der Waals surface area contributed by atoms with E-state index in [4.69, 9.17) is 9.47 Å². The van der Waals surface area contributed by atoms with Crippen molar-refractivity contribution < 1.29 is 40.1 Å². The third-order valence-corrected chi connectivity index (χ3v) is 13.9. The van der Waals surface area contributed by atoms with E-state index in [1.165, 1.54) is 11.1 Å². The molecule has 4 saturated carbocycles. The lowest BCUT2D eigenvalue weighted by molar-refractivity contribution is -0.346. The summed E-state index contributed by atoms with van der Waals surface area (Å²) >= 11 is 0. The summed E-state index contributed by atoms with van der Waals surface area (Å²) in [5, 5.41) is 65.2. The van der Waals surface area contributed by atoms with E-state index in [0.717, 1.165) is 25.7 Å². The van der Waals surface area contributed by atoms with Gasteiger partial charge < -0.3 is 40.1 Å². The first kappa shape index (κ1) is 34.5. The Bertz CT molecular complexity index is 1110. The third kappa shape index (κ3) is 5.18. The van der Waals surface area contributed by atoms with Gasteiger partial charge in [-0.1, -0.05) is 57.9 Å². The molecular formula is C36H60O8. The molecular weight excluding hydrogens is 560 g/mol. The van der Waals surface area contributed by atoms with Gasteiger partial charge in [-0.15, -0.1) is 0 Å². The Labute approximate surface area is 264 Å². The molecule has 5 aliphatic rings. The van der Waals surface area contributed by atoms with Crippen LogP contribution in [-0.4, -0.2) is 86.3 Å². The molecule has 1 heterocycles. The molecule has 252 valence electrons. The van der Waals surface area contributed by atoms with Crippen LogP contribution in [-0.2, 0) is 9.47 Å². The van der Waals surface area contributed by atoms with Crippen molar-refractivity contribution in [2.24, 2.45) is 45.3 Å². The highest BCUT2D eigenvalue weighted by Gasteiger charge is 2.72. The van der Waals surface area contributed by atoms with Crippen molar-refractivity contribution in [2.45, 2.75) is 149 Å². The molecule has 44 heavy (non-hydrogen) atoms. The number of aliphatic hydroxyl groups is 6. The van der Waals surface area contributed by atoms with Gasteiger partial charge in [0.15, 0.2) is 6.29 Å². The average Bonchev–Trinajstić information content (AvgIpc) is 3.32. The number of hydrogen-bond donors (Lipinski definition) is 6. The van der Waals surface area contributed by atoms with E-state index >= 15 is 0 Å². The molecule has 0 amide bonds. The number of rotatable bonds is 6. The predicted molar refractivity (Wildman–Crippen MR) is 168 cm³/mol. The van der Waals surface area contributed by atoms with Crippen molar-refractivity contribution in [1.29, 1.82) is 0 Å². The smallest absolute Gasteiger partial charge is 0.186 e. The molecule has 5 fully saturated rings. The van der Waals surface area contributed by atoms with Gasteiger partial charge in [0.05, 0.1) is 24.9 Å². The first-order valence-electron chi connectivity index (χ1n) is 17.1. The van der Waals surface area contributed by atoms with E-state index in [1.807, 2.05) is 0 Å². The fraction of sp³-hybridized carbons (Fsp3) is 0.889. The van der Waals surface area contributed by atoms with E-state index in [0.29, 0.717) is 25.2 Å². The number of allylic oxidation sites excluding steroid dienone is 4. The molecule has 8 heteroatoms. The standard InChI is InChI=1S/C36H60O8/c1-19(2)10-9-11-20(3)21-12-15-35(7)27(21)22(38)16-25-34(6)14-13-26(39)33(4,5)31(34)23(17-36(25,35)8)43-32-30(42)29(41)28(40)24(18-37)44-32/h10-11,21-32,37-42H,9,12-18H2,1-8H3/t21?,22?,23?,24?,25?,26?,27?,28?,29?,30?,31?,32?,34-,35-,36-/m1/s1. The van der Waals surface area contributed by atoms with Crippen molar-refractivity contribution in [3.63, 3.8) is 0 Å². The van der Waals surface area contributed by atoms with Crippen LogP contribution in [0.4, 0.5) is 0 Å². The van der Waals surface area contributed by atoms with Crippen LogP contribution in [0, 0.1) is 45.3 Å². The Balaban J connectivity index is 1.55. The van der Waals surface area contributed by atoms with Crippen molar-refractivity contribution in [3.8, 4) is 0 Å². The lowest BCUT2D eigenvalue weighted by Gasteiger charge is -2.72. The van der Waals surface area contributed by atoms with Crippen molar-refractivity contribution >= 4 is 0 Å². The van der Waals surface area contributed by atoms with Gasteiger partial charge in [0.25, 0.3) is 0 Å². The maximum absolute atomic E-state index is 12.0. The molecule has 4 aliphatic carbocycles. The molecule has 6 N–H and O–H groups in total. The zero-order chi connectivity index (χ0) is 32.6. The summed E-state index contributed by atoms with van der Waals surface area (Å²) in [5.41, 5.74) is 1.49. The molecule has 5 rings (SSSR count). The summed E-state index contributed by atoms with van der Waals surface area (Å²) in [6.45, 7) is 17.2. The fourth-order valence-electron chi connectivity index (χ4n) is 11.5. The van der Waals surface area contributed by atoms with Gasteiger partial charge in [-0.25, -0.2) is 0 Å². The molecule has 12 unspecified atom stereocenters. The van der Waals surface area contributed by atoms with Gasteiger partial charge in [-0.3, -0.25) is 0 Å². The Morgan fingerprint density at radius 1 is 0.864 bits per heavy atom. The van der Waals surface area contributed by atoms with Gasteiger partial charge in [-0.05, 0) is 111 Å². The summed E-state index contributed by atoms with van der Waals surface area (Å²) in [7, 11) is 0. The topological polar surface area (TPSA) is 140 Å². The van der Waals surface area contributed by atoms with E-state index in [-0.39, 0.29) is 34.0 Å². The molecule has 0 spiro atoms. The summed E-state index contributed by atoms with van der Waals surface area (Å²) in [6.07, 6.45) is 2.23. The summed E-state index contributed by atoms with van der Waals surface area (Å²) < 4.78 is 12.6. The Kier molecular flexibility index (Phi) is 9.40. The van der Waals surface area contributed by atoms with Gasteiger partial charge >= 0.3 is 0 Å². The minimum Gasteiger partial charge on any atom is -0.394 e. The van der Waals surface area contributed by atoms with E-state index in [9.17, 15) is 30.6 Å². The summed E-state index contributed by atoms with van der Waals surface area (Å²) in [4.78, 5) is 0. The highest BCUT2D eigenvalue weighted by Crippen LogP contribution is 2.76. The van der Waals surface area contributed by atoms with Crippen LogP contribution in [0.25, 0.3) is 0 Å². The second-order valence-electron chi connectivity index (χ2n) is 16.8. The average molecular weight is 621 g/mol. The minimum atomic E-state index is -1.52. The van der Waals surface area contributed by atoms with Crippen LogP contribution in [0.1, 0.15) is 100 Å². The molecule has 15 atom stereocenters. The zero-order valence-corrected chi connectivity index (χ0v) is 28.2. The Morgan fingerprint density at radius 3 is 2.18 bits per heavy atom. The highest BCUT2D eigenvalue weighted by atomic mass is 16.7. The lowest BCUT2D eigenvalue weighted by atomic mass is 9.34. The number of ether oxygens (including phenoxy) is 2. The highest BCUT2D eigenvalue weighted by molar-refractivity contribution is 5.24. The largest absolute Gasteiger partial charge is 0.394 e. The van der Waals surface area contributed by atoms with Crippen LogP contribution in [0.15, 0.2) is 23.3 Å². The molecule has 0 aromatic rings. The summed E-state index contributed by atoms with van der Waals surface area (Å²) in [6, 6.07) is 0. The molecule has 0 bridgehead atoms. The number of aliphatic hydroxyl groups excluding tert-OH is 6.